The van der Waals surface area contributed by atoms with Gasteiger partial charge in [-0.25, -0.2) is 0 Å². The molecule has 2 nitrogen and oxygen atoms in total. The maximum absolute atomic E-state index is 5.42. The summed E-state index contributed by atoms with van der Waals surface area (Å²) < 4.78 is 11.7. The van der Waals surface area contributed by atoms with Crippen molar-refractivity contribution in [3.63, 3.8) is 0 Å². The minimum atomic E-state index is 0.112. The highest BCUT2D eigenvalue weighted by Gasteiger charge is 2.17. The third-order valence-electron chi connectivity index (χ3n) is 2.59. The smallest absolute Gasteiger partial charge is 0.127 e. The van der Waals surface area contributed by atoms with E-state index in [9.17, 15) is 0 Å². The average Bonchev–Trinajstić information content (AvgIpc) is 2.83. The maximum Gasteiger partial charge on any atom is 0.127 e. The zero-order chi connectivity index (χ0) is 13.1. The Bertz CT molecular complexity index is 540. The molecule has 1 unspecified atom stereocenters. The van der Waals surface area contributed by atoms with Gasteiger partial charge in [-0.05, 0) is 39.0 Å². The number of hydrogen-bond acceptors (Lipinski definition) is 3. The normalized spacial score (nSPS) is 12.2. The first kappa shape index (κ1) is 13.9. The van der Waals surface area contributed by atoms with E-state index >= 15 is 0 Å². The topological polar surface area (TPSA) is 18.5 Å². The van der Waals surface area contributed by atoms with Crippen molar-refractivity contribution in [3.8, 4) is 11.5 Å². The van der Waals surface area contributed by atoms with E-state index in [1.165, 1.54) is 5.56 Å². The molecule has 0 fully saturated rings. The Hall–Kier alpha value is -0.520. The van der Waals surface area contributed by atoms with Crippen LogP contribution in [0.15, 0.2) is 33.4 Å². The van der Waals surface area contributed by atoms with Crippen LogP contribution in [0.5, 0.6) is 11.5 Å². The molecule has 18 heavy (non-hydrogen) atoms. The first-order valence-corrected chi connectivity index (χ1v) is 7.84. The van der Waals surface area contributed by atoms with E-state index in [1.807, 2.05) is 18.2 Å². The van der Waals surface area contributed by atoms with Crippen molar-refractivity contribution in [2.75, 3.05) is 14.2 Å². The van der Waals surface area contributed by atoms with E-state index in [1.54, 1.807) is 25.6 Å². The summed E-state index contributed by atoms with van der Waals surface area (Å²) in [6.45, 7) is 0. The predicted molar refractivity (Wildman–Crippen MR) is 82.3 cm³/mol. The van der Waals surface area contributed by atoms with Crippen LogP contribution in [0.3, 0.4) is 0 Å². The lowest BCUT2D eigenvalue weighted by molar-refractivity contribution is 0.391. The molecule has 0 N–H and O–H groups in total. The van der Waals surface area contributed by atoms with E-state index in [0.717, 1.165) is 20.8 Å². The highest BCUT2D eigenvalue weighted by atomic mass is 79.9. The van der Waals surface area contributed by atoms with Gasteiger partial charge in [0, 0.05) is 11.6 Å². The van der Waals surface area contributed by atoms with Gasteiger partial charge in [0.1, 0.15) is 11.5 Å². The van der Waals surface area contributed by atoms with Gasteiger partial charge in [0.25, 0.3) is 0 Å². The van der Waals surface area contributed by atoms with Crippen LogP contribution in [-0.2, 0) is 0 Å². The summed E-state index contributed by atoms with van der Waals surface area (Å²) in [5.41, 5.74) is 2.29. The van der Waals surface area contributed by atoms with Crippen LogP contribution in [0.2, 0.25) is 0 Å². The van der Waals surface area contributed by atoms with Gasteiger partial charge in [0.2, 0.25) is 0 Å². The molecule has 5 heteroatoms. The number of thiophene rings is 1. The maximum atomic E-state index is 5.42. The van der Waals surface area contributed by atoms with Gasteiger partial charge in [-0.3, -0.25) is 0 Å². The van der Waals surface area contributed by atoms with Crippen molar-refractivity contribution in [2.45, 2.75) is 4.83 Å². The van der Waals surface area contributed by atoms with Crippen molar-refractivity contribution >= 4 is 43.2 Å². The SMILES string of the molecule is COc1ccc(C(Br)c2csc(Br)c2)c(OC)c1. The number of benzene rings is 1. The lowest BCUT2D eigenvalue weighted by atomic mass is 10.1. The monoisotopic (exact) mass is 390 g/mol. The van der Waals surface area contributed by atoms with Gasteiger partial charge in [0.05, 0.1) is 22.8 Å². The Kier molecular flexibility index (Phi) is 4.70. The van der Waals surface area contributed by atoms with Gasteiger partial charge in [0.15, 0.2) is 0 Å². The molecule has 2 rings (SSSR count). The number of methoxy groups -OCH3 is 2. The molecular formula is C13H12Br2O2S. The summed E-state index contributed by atoms with van der Waals surface area (Å²) in [5, 5.41) is 2.12. The molecular weight excluding hydrogens is 380 g/mol. The predicted octanol–water partition coefficient (Wildman–Crippen LogP) is 5.01. The second-order valence-electron chi connectivity index (χ2n) is 3.65. The van der Waals surface area contributed by atoms with Crippen molar-refractivity contribution in [3.05, 3.63) is 44.6 Å². The third kappa shape index (κ3) is 2.90. The van der Waals surface area contributed by atoms with Gasteiger partial charge in [-0.1, -0.05) is 22.0 Å². The molecule has 0 aliphatic rings. The van der Waals surface area contributed by atoms with E-state index < -0.39 is 0 Å². The molecule has 0 spiro atoms. The molecule has 0 aliphatic heterocycles. The molecule has 0 radical (unpaired) electrons. The van der Waals surface area contributed by atoms with E-state index in [4.69, 9.17) is 9.47 Å². The average molecular weight is 392 g/mol. The van der Waals surface area contributed by atoms with E-state index in [-0.39, 0.29) is 4.83 Å². The molecule has 1 aromatic carbocycles. The van der Waals surface area contributed by atoms with E-state index in [0.29, 0.717) is 0 Å². The minimum Gasteiger partial charge on any atom is -0.497 e. The van der Waals surface area contributed by atoms with Crippen LogP contribution >= 0.6 is 43.2 Å². The standard InChI is InChI=1S/C13H12Br2O2S/c1-16-9-3-4-10(11(6-9)17-2)13(15)8-5-12(14)18-7-8/h3-7,13H,1-2H3. The zero-order valence-electron chi connectivity index (χ0n) is 9.94. The van der Waals surface area contributed by atoms with Gasteiger partial charge < -0.3 is 9.47 Å². The summed E-state index contributed by atoms with van der Waals surface area (Å²) in [4.78, 5) is 0.112. The van der Waals surface area contributed by atoms with Crippen LogP contribution in [0, 0.1) is 0 Å². The summed E-state index contributed by atoms with van der Waals surface area (Å²) >= 11 is 8.86. The largest absolute Gasteiger partial charge is 0.497 e. The van der Waals surface area contributed by atoms with Crippen LogP contribution in [-0.4, -0.2) is 14.2 Å². The lowest BCUT2D eigenvalue weighted by Crippen LogP contribution is -1.96. The molecule has 0 saturated carbocycles. The lowest BCUT2D eigenvalue weighted by Gasteiger charge is -2.14. The molecule has 96 valence electrons. The molecule has 1 aromatic heterocycles. The molecule has 0 aliphatic carbocycles. The minimum absolute atomic E-state index is 0.112. The van der Waals surface area contributed by atoms with Crippen molar-refractivity contribution < 1.29 is 9.47 Å². The zero-order valence-corrected chi connectivity index (χ0v) is 13.9. The molecule has 0 bridgehead atoms. The number of halogens is 2. The highest BCUT2D eigenvalue weighted by molar-refractivity contribution is 9.11. The van der Waals surface area contributed by atoms with Gasteiger partial charge in [-0.15, -0.1) is 11.3 Å². The Morgan fingerprint density at radius 2 is 1.94 bits per heavy atom. The van der Waals surface area contributed by atoms with Crippen LogP contribution in [0.1, 0.15) is 16.0 Å². The molecule has 1 heterocycles. The second-order valence-corrected chi connectivity index (χ2v) is 6.86. The van der Waals surface area contributed by atoms with E-state index in [2.05, 4.69) is 43.3 Å². The van der Waals surface area contributed by atoms with Crippen LogP contribution in [0.25, 0.3) is 0 Å². The molecule has 2 aromatic rings. The third-order valence-corrected chi connectivity index (χ3v) is 5.14. The Morgan fingerprint density at radius 1 is 1.17 bits per heavy atom. The number of hydrogen-bond donors (Lipinski definition) is 0. The van der Waals surface area contributed by atoms with Crippen molar-refractivity contribution in [1.82, 2.24) is 0 Å². The number of ether oxygens (including phenoxy) is 2. The Morgan fingerprint density at radius 3 is 2.50 bits per heavy atom. The molecule has 0 amide bonds. The summed E-state index contributed by atoms with van der Waals surface area (Å²) in [5.74, 6) is 1.61. The fraction of sp³-hybridized carbons (Fsp3) is 0.231. The Labute approximate surface area is 127 Å². The quantitative estimate of drug-likeness (QED) is 0.681. The fourth-order valence-corrected chi connectivity index (χ4v) is 3.68. The summed E-state index contributed by atoms with van der Waals surface area (Å²) in [7, 11) is 3.32. The summed E-state index contributed by atoms with van der Waals surface area (Å²) in [6, 6.07) is 7.95. The van der Waals surface area contributed by atoms with Crippen LogP contribution in [0.4, 0.5) is 0 Å². The van der Waals surface area contributed by atoms with Crippen LogP contribution < -0.4 is 9.47 Å². The molecule has 0 saturated heterocycles. The highest BCUT2D eigenvalue weighted by Crippen LogP contribution is 2.40. The summed E-state index contributed by atoms with van der Waals surface area (Å²) in [6.07, 6.45) is 0. The fourth-order valence-electron chi connectivity index (χ4n) is 1.66. The Balaban J connectivity index is 2.38. The van der Waals surface area contributed by atoms with Crippen molar-refractivity contribution in [2.24, 2.45) is 0 Å². The number of alkyl halides is 1. The first-order chi connectivity index (χ1) is 8.65. The van der Waals surface area contributed by atoms with Gasteiger partial charge >= 0.3 is 0 Å². The second kappa shape index (κ2) is 6.08. The molecule has 1 atom stereocenters. The first-order valence-electron chi connectivity index (χ1n) is 5.25. The number of rotatable bonds is 4. The van der Waals surface area contributed by atoms with Gasteiger partial charge in [-0.2, -0.15) is 0 Å². The van der Waals surface area contributed by atoms with Crippen molar-refractivity contribution in [1.29, 1.82) is 0 Å².